The third-order valence-corrected chi connectivity index (χ3v) is 6.95. The van der Waals surface area contributed by atoms with Crippen molar-refractivity contribution in [3.05, 3.63) is 16.0 Å². The van der Waals surface area contributed by atoms with E-state index in [4.69, 9.17) is 12.2 Å². The van der Waals surface area contributed by atoms with Crippen molar-refractivity contribution >= 4 is 33.5 Å². The van der Waals surface area contributed by atoms with E-state index in [9.17, 15) is 0 Å². The maximum atomic E-state index is 5.79. The van der Waals surface area contributed by atoms with E-state index >= 15 is 0 Å². The summed E-state index contributed by atoms with van der Waals surface area (Å²) in [5.74, 6) is 1.57. The largest absolute Gasteiger partial charge is 0.354 e. The molecule has 4 rings (SSSR count). The molecule has 0 aromatic carbocycles. The average Bonchev–Trinajstić information content (AvgIpc) is 2.75. The molecule has 0 radical (unpaired) electrons. The van der Waals surface area contributed by atoms with Gasteiger partial charge in [0.15, 0.2) is 0 Å². The Labute approximate surface area is 136 Å². The van der Waals surface area contributed by atoms with Gasteiger partial charge in [-0.15, -0.1) is 11.3 Å². The Morgan fingerprint density at radius 2 is 2.05 bits per heavy atom. The first-order chi connectivity index (χ1) is 10.1. The number of hydrogen-bond donors (Lipinski definition) is 2. The molecule has 1 spiro atoms. The number of anilines is 1. The average molecular weight is 321 g/mol. The molecule has 114 valence electrons. The van der Waals surface area contributed by atoms with Crippen molar-refractivity contribution in [1.29, 1.82) is 0 Å². The second kappa shape index (κ2) is 4.95. The Bertz CT molecular complexity index is 592. The molecule has 1 aliphatic heterocycles. The van der Waals surface area contributed by atoms with Crippen molar-refractivity contribution in [3.63, 3.8) is 0 Å². The third-order valence-electron chi connectivity index (χ3n) is 5.44. The summed E-state index contributed by atoms with van der Waals surface area (Å²) in [6.45, 7) is 4.73. The van der Waals surface area contributed by atoms with Gasteiger partial charge < -0.3 is 10.6 Å². The predicted octanol–water partition coefficient (Wildman–Crippen LogP) is 4.47. The van der Waals surface area contributed by atoms with Crippen LogP contribution in [0.25, 0.3) is 0 Å². The van der Waals surface area contributed by atoms with Crippen LogP contribution in [0, 0.1) is 11.8 Å². The molecule has 0 bridgehead atoms. The first kappa shape index (κ1) is 14.0. The van der Waals surface area contributed by atoms with Crippen LogP contribution in [0.1, 0.15) is 62.0 Å². The molecule has 1 aromatic heterocycles. The lowest BCUT2D eigenvalue weighted by atomic mass is 9.80. The fourth-order valence-corrected chi connectivity index (χ4v) is 6.23. The number of thiophene rings is 1. The zero-order chi connectivity index (χ0) is 14.6. The van der Waals surface area contributed by atoms with E-state index in [-0.39, 0.29) is 5.66 Å². The van der Waals surface area contributed by atoms with Gasteiger partial charge in [0.05, 0.1) is 0 Å². The van der Waals surface area contributed by atoms with Gasteiger partial charge in [-0.05, 0) is 55.9 Å². The highest BCUT2D eigenvalue weighted by Gasteiger charge is 2.41. The maximum Gasteiger partial charge on any atom is 0.111 e. The summed E-state index contributed by atoms with van der Waals surface area (Å²) in [7, 11) is 0. The summed E-state index contributed by atoms with van der Waals surface area (Å²) in [6, 6.07) is 0. The molecule has 2 nitrogen and oxygen atoms in total. The summed E-state index contributed by atoms with van der Waals surface area (Å²) in [5.41, 5.74) is 2.90. The van der Waals surface area contributed by atoms with Gasteiger partial charge in [-0.3, -0.25) is 0 Å². The van der Waals surface area contributed by atoms with Crippen LogP contribution in [0.15, 0.2) is 0 Å². The van der Waals surface area contributed by atoms with Crippen LogP contribution in [0.2, 0.25) is 0 Å². The van der Waals surface area contributed by atoms with E-state index in [1.807, 2.05) is 11.3 Å². The van der Waals surface area contributed by atoms with Crippen LogP contribution in [-0.4, -0.2) is 10.7 Å². The van der Waals surface area contributed by atoms with E-state index in [1.165, 1.54) is 61.1 Å². The molecule has 2 N–H and O–H groups in total. The lowest BCUT2D eigenvalue weighted by Crippen LogP contribution is -2.59. The van der Waals surface area contributed by atoms with Crippen LogP contribution in [0.5, 0.6) is 0 Å². The first-order valence-electron chi connectivity index (χ1n) is 8.31. The zero-order valence-electron chi connectivity index (χ0n) is 12.9. The minimum Gasteiger partial charge on any atom is -0.354 e. The van der Waals surface area contributed by atoms with Crippen LogP contribution in [-0.2, 0) is 12.8 Å². The van der Waals surface area contributed by atoms with Gasteiger partial charge in [-0.2, -0.15) is 0 Å². The molecule has 0 saturated heterocycles. The minimum absolute atomic E-state index is 0.0286. The Balaban J connectivity index is 1.71. The second-order valence-electron chi connectivity index (χ2n) is 7.42. The van der Waals surface area contributed by atoms with Crippen molar-refractivity contribution in [1.82, 2.24) is 5.32 Å². The van der Waals surface area contributed by atoms with Crippen LogP contribution in [0.3, 0.4) is 0 Å². The molecule has 3 atom stereocenters. The maximum absolute atomic E-state index is 5.79. The summed E-state index contributed by atoms with van der Waals surface area (Å²) in [4.78, 5) is 2.58. The van der Waals surface area contributed by atoms with Crippen molar-refractivity contribution in [2.24, 2.45) is 11.8 Å². The van der Waals surface area contributed by atoms with E-state index in [2.05, 4.69) is 24.5 Å². The molecule has 3 aliphatic rings. The van der Waals surface area contributed by atoms with Crippen molar-refractivity contribution in [3.8, 4) is 0 Å². The molecule has 1 fully saturated rings. The van der Waals surface area contributed by atoms with Gasteiger partial charge in [0.2, 0.25) is 0 Å². The number of rotatable bonds is 0. The fourth-order valence-electron chi connectivity index (χ4n) is 4.39. The highest BCUT2D eigenvalue weighted by Crippen LogP contribution is 2.45. The molecule has 21 heavy (non-hydrogen) atoms. The summed E-state index contributed by atoms with van der Waals surface area (Å²) >= 11 is 7.76. The Morgan fingerprint density at radius 3 is 2.86 bits per heavy atom. The molecular weight excluding hydrogens is 296 g/mol. The molecule has 2 heterocycles. The standard InChI is InChI=1S/C17H24N2S2/c1-10-5-6-13-12(8-10)14-15(20)18-17(19-16(14)21-13)7-3-4-11(2)9-17/h10-11,19H,3-9H2,1-2H3,(H,18,20)/t10-,11+,17+/m1/s1. The van der Waals surface area contributed by atoms with Gasteiger partial charge in [0.25, 0.3) is 0 Å². The lowest BCUT2D eigenvalue weighted by Gasteiger charge is -2.45. The Morgan fingerprint density at radius 1 is 1.19 bits per heavy atom. The summed E-state index contributed by atoms with van der Waals surface area (Å²) in [6.07, 6.45) is 8.79. The number of aryl methyl sites for hydroxylation is 1. The summed E-state index contributed by atoms with van der Waals surface area (Å²) < 4.78 is 0. The molecule has 2 aliphatic carbocycles. The fraction of sp³-hybridized carbons (Fsp3) is 0.706. The van der Waals surface area contributed by atoms with E-state index in [0.29, 0.717) is 0 Å². The Kier molecular flexibility index (Phi) is 3.30. The highest BCUT2D eigenvalue weighted by atomic mass is 32.1. The van der Waals surface area contributed by atoms with E-state index in [0.717, 1.165) is 16.8 Å². The molecule has 0 unspecified atom stereocenters. The lowest BCUT2D eigenvalue weighted by molar-refractivity contribution is 0.241. The van der Waals surface area contributed by atoms with Gasteiger partial charge >= 0.3 is 0 Å². The molecule has 4 heteroatoms. The zero-order valence-corrected chi connectivity index (χ0v) is 14.6. The van der Waals surface area contributed by atoms with E-state index in [1.54, 1.807) is 4.88 Å². The van der Waals surface area contributed by atoms with Crippen molar-refractivity contribution < 1.29 is 0 Å². The SMILES string of the molecule is C[C@@H]1CCc2sc3c(c2C1)C(=S)N[C@@]1(CCC[C@H](C)C1)N3. The quantitative estimate of drug-likeness (QED) is 0.690. The predicted molar refractivity (Wildman–Crippen MR) is 94.3 cm³/mol. The normalized spacial score (nSPS) is 34.9. The Hall–Kier alpha value is -0.610. The molecule has 1 saturated carbocycles. The van der Waals surface area contributed by atoms with Crippen molar-refractivity contribution in [2.45, 2.75) is 64.5 Å². The monoisotopic (exact) mass is 320 g/mol. The topological polar surface area (TPSA) is 24.1 Å². The summed E-state index contributed by atoms with van der Waals surface area (Å²) in [5, 5.41) is 8.92. The third kappa shape index (κ3) is 2.31. The van der Waals surface area contributed by atoms with Gasteiger partial charge in [-0.25, -0.2) is 0 Å². The smallest absolute Gasteiger partial charge is 0.111 e. The molecule has 1 aromatic rings. The van der Waals surface area contributed by atoms with Gasteiger partial charge in [0.1, 0.15) is 15.7 Å². The first-order valence-corrected chi connectivity index (χ1v) is 9.54. The van der Waals surface area contributed by atoms with Crippen LogP contribution >= 0.6 is 23.6 Å². The van der Waals surface area contributed by atoms with Gasteiger partial charge in [0, 0.05) is 10.4 Å². The van der Waals surface area contributed by atoms with E-state index < -0.39 is 0 Å². The van der Waals surface area contributed by atoms with Crippen LogP contribution in [0.4, 0.5) is 5.00 Å². The van der Waals surface area contributed by atoms with Crippen molar-refractivity contribution in [2.75, 3.05) is 5.32 Å². The molecular formula is C17H24N2S2. The highest BCUT2D eigenvalue weighted by molar-refractivity contribution is 7.80. The minimum atomic E-state index is 0.0286. The van der Waals surface area contributed by atoms with Gasteiger partial charge in [-0.1, -0.05) is 32.5 Å². The van der Waals surface area contributed by atoms with Crippen LogP contribution < -0.4 is 10.6 Å². The molecule has 0 amide bonds. The number of fused-ring (bicyclic) bond motifs is 3. The number of nitrogens with one attached hydrogen (secondary N) is 2. The number of thiocarbonyl (C=S) groups is 1. The second-order valence-corrected chi connectivity index (χ2v) is 8.93. The number of hydrogen-bond acceptors (Lipinski definition) is 3.